The summed E-state index contributed by atoms with van der Waals surface area (Å²) in [5, 5.41) is 0. The van der Waals surface area contributed by atoms with Gasteiger partial charge in [0.05, 0.1) is 0 Å². The van der Waals surface area contributed by atoms with Gasteiger partial charge >= 0.3 is 0 Å². The first-order chi connectivity index (χ1) is 8.58. The second-order valence-corrected chi connectivity index (χ2v) is 4.88. The third kappa shape index (κ3) is 2.71. The molecule has 0 spiro atoms. The SMILES string of the molecule is CN(C(=O)c1ccc(N)cc1)c1cccc(Br)c1. The molecular formula is C14H13BrN2O. The second kappa shape index (κ2) is 5.23. The lowest BCUT2D eigenvalue weighted by Gasteiger charge is -2.17. The van der Waals surface area contributed by atoms with E-state index < -0.39 is 0 Å². The number of benzene rings is 2. The molecule has 1 amide bonds. The molecule has 0 atom stereocenters. The molecule has 2 rings (SSSR count). The minimum atomic E-state index is -0.0619. The summed E-state index contributed by atoms with van der Waals surface area (Å²) in [5.41, 5.74) is 7.71. The van der Waals surface area contributed by atoms with Crippen LogP contribution in [0, 0.1) is 0 Å². The molecule has 0 saturated heterocycles. The number of nitrogens with two attached hydrogens (primary N) is 1. The van der Waals surface area contributed by atoms with Crippen molar-refractivity contribution in [1.29, 1.82) is 0 Å². The van der Waals surface area contributed by atoms with Gasteiger partial charge in [-0.25, -0.2) is 0 Å². The normalized spacial score (nSPS) is 10.1. The van der Waals surface area contributed by atoms with E-state index in [1.165, 1.54) is 0 Å². The Hall–Kier alpha value is -1.81. The number of carbonyl (C=O) groups excluding carboxylic acids is 1. The number of anilines is 2. The zero-order chi connectivity index (χ0) is 13.1. The van der Waals surface area contributed by atoms with E-state index in [0.29, 0.717) is 11.3 Å². The smallest absolute Gasteiger partial charge is 0.258 e. The number of halogens is 1. The molecule has 0 aliphatic carbocycles. The molecule has 0 aliphatic rings. The molecule has 92 valence electrons. The van der Waals surface area contributed by atoms with Crippen LogP contribution in [0.2, 0.25) is 0 Å². The number of carbonyl (C=O) groups is 1. The average Bonchev–Trinajstić information content (AvgIpc) is 2.38. The minimum absolute atomic E-state index is 0.0619. The minimum Gasteiger partial charge on any atom is -0.399 e. The van der Waals surface area contributed by atoms with Crippen molar-refractivity contribution >= 4 is 33.2 Å². The Kier molecular flexibility index (Phi) is 3.67. The lowest BCUT2D eigenvalue weighted by atomic mass is 10.1. The summed E-state index contributed by atoms with van der Waals surface area (Å²) in [7, 11) is 1.75. The van der Waals surface area contributed by atoms with Crippen molar-refractivity contribution < 1.29 is 4.79 Å². The number of rotatable bonds is 2. The van der Waals surface area contributed by atoms with Gasteiger partial charge in [0, 0.05) is 28.5 Å². The summed E-state index contributed by atoms with van der Waals surface area (Å²) < 4.78 is 0.942. The third-order valence-electron chi connectivity index (χ3n) is 2.66. The van der Waals surface area contributed by atoms with Crippen LogP contribution >= 0.6 is 15.9 Å². The number of hydrogen-bond acceptors (Lipinski definition) is 2. The molecule has 0 fully saturated rings. The van der Waals surface area contributed by atoms with E-state index >= 15 is 0 Å². The maximum Gasteiger partial charge on any atom is 0.258 e. The average molecular weight is 305 g/mol. The van der Waals surface area contributed by atoms with Crippen LogP contribution in [-0.2, 0) is 0 Å². The van der Waals surface area contributed by atoms with Crippen molar-refractivity contribution in [3.05, 3.63) is 58.6 Å². The summed E-state index contributed by atoms with van der Waals surface area (Å²) in [5.74, 6) is -0.0619. The Bertz CT molecular complexity index is 566. The fraction of sp³-hybridized carbons (Fsp3) is 0.0714. The van der Waals surface area contributed by atoms with Crippen LogP contribution in [0.15, 0.2) is 53.0 Å². The summed E-state index contributed by atoms with van der Waals surface area (Å²) in [6, 6.07) is 14.5. The first-order valence-corrected chi connectivity index (χ1v) is 6.26. The van der Waals surface area contributed by atoms with Gasteiger partial charge in [-0.15, -0.1) is 0 Å². The first-order valence-electron chi connectivity index (χ1n) is 5.47. The van der Waals surface area contributed by atoms with Crippen LogP contribution in [0.25, 0.3) is 0 Å². The molecular weight excluding hydrogens is 292 g/mol. The van der Waals surface area contributed by atoms with Gasteiger partial charge < -0.3 is 10.6 Å². The summed E-state index contributed by atoms with van der Waals surface area (Å²) in [6.07, 6.45) is 0. The highest BCUT2D eigenvalue weighted by Gasteiger charge is 2.13. The predicted octanol–water partition coefficient (Wildman–Crippen LogP) is 3.31. The molecule has 18 heavy (non-hydrogen) atoms. The Morgan fingerprint density at radius 2 is 1.83 bits per heavy atom. The van der Waals surface area contributed by atoms with Gasteiger partial charge in [-0.05, 0) is 42.5 Å². The topological polar surface area (TPSA) is 46.3 Å². The molecule has 0 unspecified atom stereocenters. The van der Waals surface area contributed by atoms with Gasteiger partial charge in [-0.1, -0.05) is 22.0 Å². The highest BCUT2D eigenvalue weighted by Crippen LogP contribution is 2.20. The van der Waals surface area contributed by atoms with Crippen LogP contribution in [0.5, 0.6) is 0 Å². The van der Waals surface area contributed by atoms with Gasteiger partial charge in [-0.3, -0.25) is 4.79 Å². The Balaban J connectivity index is 2.26. The monoisotopic (exact) mass is 304 g/mol. The second-order valence-electron chi connectivity index (χ2n) is 3.97. The Morgan fingerprint density at radius 1 is 1.17 bits per heavy atom. The van der Waals surface area contributed by atoms with Crippen molar-refractivity contribution in [2.45, 2.75) is 0 Å². The zero-order valence-corrected chi connectivity index (χ0v) is 11.5. The van der Waals surface area contributed by atoms with E-state index in [-0.39, 0.29) is 5.91 Å². The van der Waals surface area contributed by atoms with Gasteiger partial charge in [0.1, 0.15) is 0 Å². The van der Waals surface area contributed by atoms with E-state index in [2.05, 4.69) is 15.9 Å². The first kappa shape index (κ1) is 12.6. The van der Waals surface area contributed by atoms with Crippen molar-refractivity contribution in [3.8, 4) is 0 Å². The molecule has 0 aromatic heterocycles. The molecule has 2 aromatic carbocycles. The highest BCUT2D eigenvalue weighted by atomic mass is 79.9. The van der Waals surface area contributed by atoms with E-state index in [1.807, 2.05) is 24.3 Å². The van der Waals surface area contributed by atoms with E-state index in [1.54, 1.807) is 36.2 Å². The standard InChI is InChI=1S/C14H13BrN2O/c1-17(13-4-2-3-11(15)9-13)14(18)10-5-7-12(16)8-6-10/h2-9H,16H2,1H3. The Labute approximate surface area is 114 Å². The summed E-state index contributed by atoms with van der Waals surface area (Å²) in [6.45, 7) is 0. The summed E-state index contributed by atoms with van der Waals surface area (Å²) in [4.78, 5) is 13.8. The van der Waals surface area contributed by atoms with Crippen LogP contribution < -0.4 is 10.6 Å². The van der Waals surface area contributed by atoms with E-state index in [4.69, 9.17) is 5.73 Å². The molecule has 0 heterocycles. The lowest BCUT2D eigenvalue weighted by molar-refractivity contribution is 0.0993. The van der Waals surface area contributed by atoms with Crippen molar-refractivity contribution in [1.82, 2.24) is 0 Å². The number of nitrogen functional groups attached to an aromatic ring is 1. The van der Waals surface area contributed by atoms with Crippen LogP contribution in [0.4, 0.5) is 11.4 Å². The van der Waals surface area contributed by atoms with Gasteiger partial charge in [-0.2, -0.15) is 0 Å². The molecule has 0 bridgehead atoms. The number of hydrogen-bond donors (Lipinski definition) is 1. The molecule has 4 heteroatoms. The van der Waals surface area contributed by atoms with E-state index in [0.717, 1.165) is 10.2 Å². The molecule has 0 saturated carbocycles. The number of amides is 1. The van der Waals surface area contributed by atoms with Gasteiger partial charge in [0.15, 0.2) is 0 Å². The number of nitrogens with zero attached hydrogens (tertiary/aromatic N) is 1. The fourth-order valence-electron chi connectivity index (χ4n) is 1.62. The van der Waals surface area contributed by atoms with Gasteiger partial charge in [0.2, 0.25) is 0 Å². The third-order valence-corrected chi connectivity index (χ3v) is 3.15. The lowest BCUT2D eigenvalue weighted by Crippen LogP contribution is -2.26. The van der Waals surface area contributed by atoms with Crippen molar-refractivity contribution in [2.75, 3.05) is 17.7 Å². The van der Waals surface area contributed by atoms with Crippen molar-refractivity contribution in [2.24, 2.45) is 0 Å². The maximum atomic E-state index is 12.2. The van der Waals surface area contributed by atoms with Crippen molar-refractivity contribution in [3.63, 3.8) is 0 Å². The van der Waals surface area contributed by atoms with Crippen LogP contribution in [0.1, 0.15) is 10.4 Å². The molecule has 0 aliphatic heterocycles. The molecule has 2 N–H and O–H groups in total. The van der Waals surface area contributed by atoms with Crippen LogP contribution in [0.3, 0.4) is 0 Å². The Morgan fingerprint density at radius 3 is 2.44 bits per heavy atom. The van der Waals surface area contributed by atoms with E-state index in [9.17, 15) is 4.79 Å². The van der Waals surface area contributed by atoms with Crippen LogP contribution in [-0.4, -0.2) is 13.0 Å². The fourth-order valence-corrected chi connectivity index (χ4v) is 2.01. The highest BCUT2D eigenvalue weighted by molar-refractivity contribution is 9.10. The molecule has 0 radical (unpaired) electrons. The largest absolute Gasteiger partial charge is 0.399 e. The zero-order valence-electron chi connectivity index (χ0n) is 9.93. The maximum absolute atomic E-state index is 12.2. The molecule has 3 nitrogen and oxygen atoms in total. The summed E-state index contributed by atoms with van der Waals surface area (Å²) >= 11 is 3.39. The van der Waals surface area contributed by atoms with Gasteiger partial charge in [0.25, 0.3) is 5.91 Å². The molecule has 2 aromatic rings. The predicted molar refractivity (Wildman–Crippen MR) is 77.7 cm³/mol. The quantitative estimate of drug-likeness (QED) is 0.865.